The fourth-order valence-electron chi connectivity index (χ4n) is 2.25. The Balaban J connectivity index is 2.43. The van der Waals surface area contributed by atoms with Gasteiger partial charge in [-0.15, -0.1) is 0 Å². The number of fused-ring (bicyclic) bond motifs is 1. The molecule has 1 amide bonds. The first kappa shape index (κ1) is 15.6. The summed E-state index contributed by atoms with van der Waals surface area (Å²) in [5, 5.41) is 3.65. The zero-order chi connectivity index (χ0) is 15.8. The number of esters is 1. The number of methoxy groups -OCH3 is 1. The summed E-state index contributed by atoms with van der Waals surface area (Å²) in [5.41, 5.74) is 0.306. The Hall–Kier alpha value is -1.82. The van der Waals surface area contributed by atoms with Gasteiger partial charge < -0.3 is 14.6 Å². The highest BCUT2D eigenvalue weighted by Crippen LogP contribution is 2.30. The van der Waals surface area contributed by atoms with Crippen LogP contribution < -0.4 is 5.32 Å². The highest BCUT2D eigenvalue weighted by atomic mass is 79.9. The van der Waals surface area contributed by atoms with E-state index in [-0.39, 0.29) is 5.91 Å². The second-order valence-electron chi connectivity index (χ2n) is 5.31. The normalized spacial score (nSPS) is 11.5. The van der Waals surface area contributed by atoms with Crippen molar-refractivity contribution < 1.29 is 14.3 Å². The van der Waals surface area contributed by atoms with E-state index in [0.29, 0.717) is 10.2 Å². The van der Waals surface area contributed by atoms with Gasteiger partial charge in [-0.2, -0.15) is 0 Å². The molecular weight excluding hydrogens is 336 g/mol. The zero-order valence-electron chi connectivity index (χ0n) is 12.4. The van der Waals surface area contributed by atoms with Gasteiger partial charge in [-0.3, -0.25) is 4.79 Å². The minimum Gasteiger partial charge on any atom is -0.467 e. The van der Waals surface area contributed by atoms with Crippen molar-refractivity contribution in [3.63, 3.8) is 0 Å². The van der Waals surface area contributed by atoms with Gasteiger partial charge in [-0.1, -0.05) is 18.2 Å². The fourth-order valence-corrected chi connectivity index (χ4v) is 3.03. The summed E-state index contributed by atoms with van der Waals surface area (Å²) in [6, 6.07) is 7.69. The molecule has 2 aromatic rings. The molecule has 6 heteroatoms. The number of hydrogen-bond acceptors (Lipinski definition) is 3. The smallest absolute Gasteiger partial charge is 0.330 e. The molecule has 21 heavy (non-hydrogen) atoms. The first-order valence-corrected chi connectivity index (χ1v) is 7.22. The lowest BCUT2D eigenvalue weighted by molar-refractivity contribution is -0.146. The molecule has 0 radical (unpaired) electrons. The van der Waals surface area contributed by atoms with E-state index in [2.05, 4.69) is 21.2 Å². The molecule has 0 saturated heterocycles. The number of aryl methyl sites for hydroxylation is 1. The minimum absolute atomic E-state index is 0.337. The molecule has 0 saturated carbocycles. The molecule has 1 aromatic carbocycles. The Morgan fingerprint density at radius 1 is 1.29 bits per heavy atom. The van der Waals surface area contributed by atoms with Crippen LogP contribution in [-0.4, -0.2) is 29.1 Å². The third kappa shape index (κ3) is 2.68. The number of halogens is 1. The predicted molar refractivity (Wildman–Crippen MR) is 84.2 cm³/mol. The van der Waals surface area contributed by atoms with Crippen molar-refractivity contribution in [3.05, 3.63) is 34.4 Å². The zero-order valence-corrected chi connectivity index (χ0v) is 13.9. The standard InChI is InChI=1S/C15H17BrN2O3/c1-15(2,14(20)21-4)17-13(19)12-11(16)9-7-5-6-8-10(9)18(12)3/h5-8H,1-4H3,(H,17,19). The number of hydrogen-bond donors (Lipinski definition) is 1. The van der Waals surface area contributed by atoms with Gasteiger partial charge in [0.2, 0.25) is 0 Å². The number of carbonyl (C=O) groups excluding carboxylic acids is 2. The average Bonchev–Trinajstić information content (AvgIpc) is 2.70. The van der Waals surface area contributed by atoms with Crippen LogP contribution in [0.5, 0.6) is 0 Å². The van der Waals surface area contributed by atoms with Crippen molar-refractivity contribution in [2.75, 3.05) is 7.11 Å². The topological polar surface area (TPSA) is 60.3 Å². The van der Waals surface area contributed by atoms with Crippen LogP contribution in [-0.2, 0) is 16.6 Å². The van der Waals surface area contributed by atoms with Crippen molar-refractivity contribution in [3.8, 4) is 0 Å². The molecule has 0 aliphatic rings. The Morgan fingerprint density at radius 2 is 1.90 bits per heavy atom. The average molecular weight is 353 g/mol. The molecule has 0 unspecified atom stereocenters. The van der Waals surface area contributed by atoms with E-state index >= 15 is 0 Å². The van der Waals surface area contributed by atoms with E-state index in [1.807, 2.05) is 31.3 Å². The van der Waals surface area contributed by atoms with Crippen LogP contribution in [0.15, 0.2) is 28.7 Å². The molecule has 0 spiro atoms. The van der Waals surface area contributed by atoms with Crippen molar-refractivity contribution in [1.82, 2.24) is 9.88 Å². The quantitative estimate of drug-likeness (QED) is 0.863. The lowest BCUT2D eigenvalue weighted by atomic mass is 10.1. The number of aromatic nitrogens is 1. The van der Waals surface area contributed by atoms with Crippen molar-refractivity contribution in [2.45, 2.75) is 19.4 Å². The monoisotopic (exact) mass is 352 g/mol. The number of amides is 1. The molecule has 0 fully saturated rings. The van der Waals surface area contributed by atoms with Crippen molar-refractivity contribution in [1.29, 1.82) is 0 Å². The Labute approximate surface area is 131 Å². The number of rotatable bonds is 3. The number of nitrogens with zero attached hydrogens (tertiary/aromatic N) is 1. The highest BCUT2D eigenvalue weighted by Gasteiger charge is 2.32. The Bertz CT molecular complexity index is 680. The number of ether oxygens (including phenoxy) is 1. The maximum absolute atomic E-state index is 12.5. The van der Waals surface area contributed by atoms with Crippen LogP contribution in [0.1, 0.15) is 24.3 Å². The maximum Gasteiger partial charge on any atom is 0.330 e. The molecule has 0 bridgehead atoms. The van der Waals surface area contributed by atoms with E-state index in [1.165, 1.54) is 7.11 Å². The first-order chi connectivity index (χ1) is 9.79. The summed E-state index contributed by atoms with van der Waals surface area (Å²) in [7, 11) is 3.11. The summed E-state index contributed by atoms with van der Waals surface area (Å²) < 4.78 is 7.20. The van der Waals surface area contributed by atoms with Gasteiger partial charge in [0.25, 0.3) is 5.91 Å². The Morgan fingerprint density at radius 3 is 2.48 bits per heavy atom. The van der Waals surface area contributed by atoms with Gasteiger partial charge in [-0.25, -0.2) is 4.79 Å². The van der Waals surface area contributed by atoms with Gasteiger partial charge in [0.1, 0.15) is 11.2 Å². The SMILES string of the molecule is COC(=O)C(C)(C)NC(=O)c1c(Br)c2ccccc2n1C. The summed E-state index contributed by atoms with van der Waals surface area (Å²) in [4.78, 5) is 24.2. The maximum atomic E-state index is 12.5. The van der Waals surface area contributed by atoms with Crippen LogP contribution >= 0.6 is 15.9 Å². The molecule has 5 nitrogen and oxygen atoms in total. The lowest BCUT2D eigenvalue weighted by Gasteiger charge is -2.23. The Kier molecular flexibility index (Phi) is 4.09. The molecule has 0 atom stereocenters. The summed E-state index contributed by atoms with van der Waals surface area (Å²) in [6.45, 7) is 3.21. The number of para-hydroxylation sites is 1. The van der Waals surface area contributed by atoms with E-state index in [0.717, 1.165) is 10.9 Å². The van der Waals surface area contributed by atoms with Crippen molar-refractivity contribution in [2.24, 2.45) is 7.05 Å². The molecule has 1 N–H and O–H groups in total. The highest BCUT2D eigenvalue weighted by molar-refractivity contribution is 9.10. The van der Waals surface area contributed by atoms with Gasteiger partial charge >= 0.3 is 5.97 Å². The third-order valence-corrected chi connectivity index (χ3v) is 4.18. The summed E-state index contributed by atoms with van der Waals surface area (Å²) in [5.74, 6) is -0.832. The fraction of sp³-hybridized carbons (Fsp3) is 0.333. The van der Waals surface area contributed by atoms with Gasteiger partial charge in [-0.05, 0) is 35.8 Å². The predicted octanol–water partition coefficient (Wildman–Crippen LogP) is 2.62. The number of nitrogens with one attached hydrogen (secondary N) is 1. The van der Waals surface area contributed by atoms with E-state index in [1.54, 1.807) is 18.4 Å². The molecule has 0 aliphatic carbocycles. The first-order valence-electron chi connectivity index (χ1n) is 6.43. The molecule has 0 aliphatic heterocycles. The minimum atomic E-state index is -1.10. The van der Waals surface area contributed by atoms with E-state index in [4.69, 9.17) is 4.74 Å². The molecule has 112 valence electrons. The van der Waals surface area contributed by atoms with Gasteiger partial charge in [0.05, 0.1) is 11.6 Å². The lowest BCUT2D eigenvalue weighted by Crippen LogP contribution is -2.50. The van der Waals surface area contributed by atoms with E-state index < -0.39 is 11.5 Å². The largest absolute Gasteiger partial charge is 0.467 e. The second-order valence-corrected chi connectivity index (χ2v) is 6.10. The van der Waals surface area contributed by atoms with E-state index in [9.17, 15) is 9.59 Å². The van der Waals surface area contributed by atoms with Crippen LogP contribution in [0.3, 0.4) is 0 Å². The van der Waals surface area contributed by atoms with Crippen LogP contribution in [0, 0.1) is 0 Å². The van der Waals surface area contributed by atoms with Crippen LogP contribution in [0.4, 0.5) is 0 Å². The number of carbonyl (C=O) groups is 2. The molecule has 1 heterocycles. The number of benzene rings is 1. The molecular formula is C15H17BrN2O3. The summed E-state index contributed by atoms with van der Waals surface area (Å²) in [6.07, 6.45) is 0. The summed E-state index contributed by atoms with van der Waals surface area (Å²) >= 11 is 3.47. The van der Waals surface area contributed by atoms with Crippen molar-refractivity contribution >= 4 is 38.7 Å². The van der Waals surface area contributed by atoms with Gasteiger partial charge in [0, 0.05) is 18.0 Å². The van der Waals surface area contributed by atoms with Gasteiger partial charge in [0.15, 0.2) is 0 Å². The third-order valence-electron chi connectivity index (χ3n) is 3.38. The second kappa shape index (κ2) is 5.52. The van der Waals surface area contributed by atoms with Crippen LogP contribution in [0.25, 0.3) is 10.9 Å². The molecule has 2 rings (SSSR count). The molecule has 1 aromatic heterocycles. The van der Waals surface area contributed by atoms with Crippen LogP contribution in [0.2, 0.25) is 0 Å².